The molecular weight excluding hydrogens is 387 g/mol. The second-order valence-electron chi connectivity index (χ2n) is 6.97. The lowest BCUT2D eigenvalue weighted by Gasteiger charge is -2.33. The van der Waals surface area contributed by atoms with Gasteiger partial charge in [0.2, 0.25) is 0 Å². The first-order chi connectivity index (χ1) is 13.6. The van der Waals surface area contributed by atoms with Crippen molar-refractivity contribution in [3.05, 3.63) is 59.2 Å². The number of halogens is 3. The predicted octanol–water partition coefficient (Wildman–Crippen LogP) is 4.60. The molecule has 0 fully saturated rings. The minimum absolute atomic E-state index is 0.102. The van der Waals surface area contributed by atoms with Gasteiger partial charge in [-0.15, -0.1) is 0 Å². The highest BCUT2D eigenvalue weighted by Gasteiger charge is 2.43. The maximum Gasteiger partial charge on any atom is 0.416 e. The van der Waals surface area contributed by atoms with E-state index in [0.717, 1.165) is 12.1 Å². The van der Waals surface area contributed by atoms with Crippen molar-refractivity contribution >= 4 is 17.6 Å². The summed E-state index contributed by atoms with van der Waals surface area (Å²) >= 11 is 0. The summed E-state index contributed by atoms with van der Waals surface area (Å²) in [6.45, 7) is 3.55. The van der Waals surface area contributed by atoms with Gasteiger partial charge in [0, 0.05) is 6.42 Å². The van der Waals surface area contributed by atoms with Crippen LogP contribution in [0, 0.1) is 0 Å². The summed E-state index contributed by atoms with van der Waals surface area (Å²) in [6.07, 6.45) is -3.84. The second kappa shape index (κ2) is 7.77. The molecule has 1 amide bonds. The van der Waals surface area contributed by atoms with Crippen molar-refractivity contribution in [2.45, 2.75) is 38.5 Å². The average molecular weight is 407 g/mol. The molecule has 3 rings (SSSR count). The van der Waals surface area contributed by atoms with E-state index in [1.165, 1.54) is 13.0 Å². The van der Waals surface area contributed by atoms with Gasteiger partial charge in [-0.25, -0.2) is 4.79 Å². The van der Waals surface area contributed by atoms with Crippen LogP contribution in [0.3, 0.4) is 0 Å². The van der Waals surface area contributed by atoms with E-state index in [2.05, 4.69) is 5.32 Å². The molecule has 0 saturated heterocycles. The molecule has 29 heavy (non-hydrogen) atoms. The molecule has 0 saturated carbocycles. The number of nitrogens with one attached hydrogen (secondary N) is 1. The number of fused-ring (bicyclic) bond motifs is 1. The van der Waals surface area contributed by atoms with Crippen LogP contribution in [0.25, 0.3) is 0 Å². The van der Waals surface area contributed by atoms with Gasteiger partial charge in [-0.2, -0.15) is 13.2 Å². The quantitative estimate of drug-likeness (QED) is 0.736. The summed E-state index contributed by atoms with van der Waals surface area (Å²) in [6, 6.07) is 9.59. The second-order valence-corrected chi connectivity index (χ2v) is 6.97. The Balaban J connectivity index is 1.90. The van der Waals surface area contributed by atoms with Crippen LogP contribution in [-0.4, -0.2) is 24.1 Å². The molecule has 1 heterocycles. The van der Waals surface area contributed by atoms with Crippen molar-refractivity contribution < 1.29 is 32.2 Å². The standard InChI is InChI=1S/C21H20F3NO4/c1-3-10-28-17-9-8-14(21(22,23)24)11-16(17)25-19(27)20(2)12-13-6-4-5-7-15(13)18(26)29-20/h4-9,11H,3,10,12H2,1-2H3,(H,25,27). The molecular formula is C21H20F3NO4. The van der Waals surface area contributed by atoms with Crippen LogP contribution >= 0.6 is 0 Å². The number of carbonyl (C=O) groups is 2. The van der Waals surface area contributed by atoms with Gasteiger partial charge < -0.3 is 14.8 Å². The molecule has 8 heteroatoms. The van der Waals surface area contributed by atoms with Crippen molar-refractivity contribution in [3.8, 4) is 5.75 Å². The number of anilines is 1. The molecule has 2 aromatic carbocycles. The Morgan fingerprint density at radius 1 is 1.24 bits per heavy atom. The molecule has 1 atom stereocenters. The van der Waals surface area contributed by atoms with Crippen LogP contribution in [0.1, 0.15) is 41.8 Å². The van der Waals surface area contributed by atoms with Crippen molar-refractivity contribution in [2.75, 3.05) is 11.9 Å². The van der Waals surface area contributed by atoms with Gasteiger partial charge in [-0.05, 0) is 43.2 Å². The van der Waals surface area contributed by atoms with E-state index in [0.29, 0.717) is 17.5 Å². The van der Waals surface area contributed by atoms with E-state index in [9.17, 15) is 22.8 Å². The normalized spacial score (nSPS) is 18.6. The SMILES string of the molecule is CCCOc1ccc(C(F)(F)F)cc1NC(=O)C1(C)Cc2ccccc2C(=O)O1. The first-order valence-corrected chi connectivity index (χ1v) is 9.11. The zero-order valence-electron chi connectivity index (χ0n) is 15.9. The van der Waals surface area contributed by atoms with Gasteiger partial charge in [0.1, 0.15) is 5.75 Å². The predicted molar refractivity (Wildman–Crippen MR) is 99.8 cm³/mol. The third kappa shape index (κ3) is 4.36. The smallest absolute Gasteiger partial charge is 0.416 e. The Bertz CT molecular complexity index is 942. The van der Waals surface area contributed by atoms with Crippen molar-refractivity contribution in [3.63, 3.8) is 0 Å². The number of alkyl halides is 3. The summed E-state index contributed by atoms with van der Waals surface area (Å²) in [4.78, 5) is 25.2. The number of hydrogen-bond donors (Lipinski definition) is 1. The summed E-state index contributed by atoms with van der Waals surface area (Å²) < 4.78 is 50.1. The number of ether oxygens (including phenoxy) is 2. The lowest BCUT2D eigenvalue weighted by Crippen LogP contribution is -2.49. The maximum absolute atomic E-state index is 13.1. The van der Waals surface area contributed by atoms with E-state index in [-0.39, 0.29) is 24.5 Å². The molecule has 154 valence electrons. The molecule has 2 aromatic rings. The van der Waals surface area contributed by atoms with Crippen LogP contribution in [0.4, 0.5) is 18.9 Å². The van der Waals surface area contributed by atoms with Gasteiger partial charge in [-0.1, -0.05) is 25.1 Å². The highest BCUT2D eigenvalue weighted by Crippen LogP contribution is 2.36. The number of cyclic esters (lactones) is 1. The van der Waals surface area contributed by atoms with E-state index < -0.39 is 29.2 Å². The lowest BCUT2D eigenvalue weighted by atomic mass is 9.89. The van der Waals surface area contributed by atoms with Crippen molar-refractivity contribution in [1.29, 1.82) is 0 Å². The number of carbonyl (C=O) groups excluding carboxylic acids is 2. The zero-order chi connectivity index (χ0) is 21.2. The zero-order valence-corrected chi connectivity index (χ0v) is 15.9. The van der Waals surface area contributed by atoms with E-state index in [1.54, 1.807) is 24.3 Å². The third-order valence-electron chi connectivity index (χ3n) is 4.58. The highest BCUT2D eigenvalue weighted by molar-refractivity contribution is 6.03. The Morgan fingerprint density at radius 2 is 1.97 bits per heavy atom. The maximum atomic E-state index is 13.1. The summed E-state index contributed by atoms with van der Waals surface area (Å²) in [5.41, 5.74) is -1.62. The monoisotopic (exact) mass is 407 g/mol. The Morgan fingerprint density at radius 3 is 2.66 bits per heavy atom. The first kappa shape index (κ1) is 20.7. The van der Waals surface area contributed by atoms with Gasteiger partial charge >= 0.3 is 12.1 Å². The summed E-state index contributed by atoms with van der Waals surface area (Å²) in [7, 11) is 0. The molecule has 1 aliphatic rings. The largest absolute Gasteiger partial charge is 0.491 e. The number of benzene rings is 2. The number of hydrogen-bond acceptors (Lipinski definition) is 4. The van der Waals surface area contributed by atoms with Crippen LogP contribution in [0.15, 0.2) is 42.5 Å². The van der Waals surface area contributed by atoms with E-state index in [1.807, 2.05) is 6.92 Å². The summed E-state index contributed by atoms with van der Waals surface area (Å²) in [5, 5.41) is 2.45. The molecule has 0 aliphatic carbocycles. The van der Waals surface area contributed by atoms with Crippen molar-refractivity contribution in [2.24, 2.45) is 0 Å². The molecule has 1 N–H and O–H groups in total. The third-order valence-corrected chi connectivity index (χ3v) is 4.58. The fourth-order valence-electron chi connectivity index (χ4n) is 3.06. The Kier molecular flexibility index (Phi) is 5.55. The van der Waals surface area contributed by atoms with Crippen LogP contribution in [-0.2, 0) is 22.1 Å². The molecule has 5 nitrogen and oxygen atoms in total. The minimum Gasteiger partial charge on any atom is -0.491 e. The van der Waals surface area contributed by atoms with E-state index >= 15 is 0 Å². The van der Waals surface area contributed by atoms with Crippen LogP contribution < -0.4 is 10.1 Å². The van der Waals surface area contributed by atoms with Gasteiger partial charge in [0.15, 0.2) is 5.60 Å². The van der Waals surface area contributed by atoms with Gasteiger partial charge in [0.05, 0.1) is 23.4 Å². The van der Waals surface area contributed by atoms with E-state index in [4.69, 9.17) is 9.47 Å². The molecule has 1 unspecified atom stereocenters. The molecule has 0 spiro atoms. The molecule has 0 aromatic heterocycles. The summed E-state index contributed by atoms with van der Waals surface area (Å²) in [5.74, 6) is -1.28. The van der Waals surface area contributed by atoms with Gasteiger partial charge in [0.25, 0.3) is 5.91 Å². The Labute approximate surface area is 165 Å². The Hall–Kier alpha value is -3.03. The van der Waals surface area contributed by atoms with Crippen LogP contribution in [0.2, 0.25) is 0 Å². The molecule has 0 bridgehead atoms. The topological polar surface area (TPSA) is 64.6 Å². The first-order valence-electron chi connectivity index (χ1n) is 9.11. The number of amides is 1. The van der Waals surface area contributed by atoms with Crippen LogP contribution in [0.5, 0.6) is 5.75 Å². The number of esters is 1. The number of rotatable bonds is 5. The van der Waals surface area contributed by atoms with Gasteiger partial charge in [-0.3, -0.25) is 4.79 Å². The highest BCUT2D eigenvalue weighted by atomic mass is 19.4. The average Bonchev–Trinajstić information content (AvgIpc) is 2.66. The van der Waals surface area contributed by atoms with Crippen molar-refractivity contribution in [1.82, 2.24) is 0 Å². The molecule has 1 aliphatic heterocycles. The minimum atomic E-state index is -4.58. The fourth-order valence-corrected chi connectivity index (χ4v) is 3.06. The lowest BCUT2D eigenvalue weighted by molar-refractivity contribution is -0.137. The fraction of sp³-hybridized carbons (Fsp3) is 0.333. The molecule has 0 radical (unpaired) electrons.